The van der Waals surface area contributed by atoms with Crippen LogP contribution in [-0.4, -0.2) is 0 Å². The average Bonchev–Trinajstić information content (AvgIpc) is 2.46. The van der Waals surface area contributed by atoms with Crippen LogP contribution in [0.15, 0.2) is 54.6 Å². The molecule has 0 aliphatic rings. The molecular formula is C17H20FN. The van der Waals surface area contributed by atoms with Crippen molar-refractivity contribution >= 4 is 0 Å². The van der Waals surface area contributed by atoms with Gasteiger partial charge >= 0.3 is 0 Å². The third kappa shape index (κ3) is 3.42. The lowest BCUT2D eigenvalue weighted by Gasteiger charge is -2.23. The molecule has 2 rings (SSSR count). The van der Waals surface area contributed by atoms with Crippen molar-refractivity contribution in [2.75, 3.05) is 0 Å². The van der Waals surface area contributed by atoms with E-state index >= 15 is 0 Å². The Labute approximate surface area is 114 Å². The summed E-state index contributed by atoms with van der Waals surface area (Å²) in [5.41, 5.74) is 1.96. The molecule has 0 heterocycles. The Kier molecular flexibility index (Phi) is 4.69. The van der Waals surface area contributed by atoms with Crippen LogP contribution in [0.2, 0.25) is 0 Å². The Hall–Kier alpha value is -1.67. The summed E-state index contributed by atoms with van der Waals surface area (Å²) in [6, 6.07) is 17.5. The molecule has 0 radical (unpaired) electrons. The largest absolute Gasteiger partial charge is 0.303 e. The SMILES string of the molecule is CCC(NC(C)c1ccccc1F)c1ccccc1. The van der Waals surface area contributed by atoms with Crippen molar-refractivity contribution < 1.29 is 4.39 Å². The van der Waals surface area contributed by atoms with Crippen LogP contribution in [0.3, 0.4) is 0 Å². The summed E-state index contributed by atoms with van der Waals surface area (Å²) in [6.07, 6.45) is 0.975. The van der Waals surface area contributed by atoms with E-state index in [1.54, 1.807) is 6.07 Å². The monoisotopic (exact) mass is 257 g/mol. The molecule has 0 aliphatic heterocycles. The number of hydrogen-bond donors (Lipinski definition) is 1. The molecule has 1 N–H and O–H groups in total. The number of benzene rings is 2. The summed E-state index contributed by atoms with van der Waals surface area (Å²) in [5, 5.41) is 3.50. The van der Waals surface area contributed by atoms with Crippen LogP contribution in [0.1, 0.15) is 43.5 Å². The highest BCUT2D eigenvalue weighted by Gasteiger charge is 2.15. The molecule has 100 valence electrons. The predicted molar refractivity (Wildman–Crippen MR) is 77.4 cm³/mol. The highest BCUT2D eigenvalue weighted by molar-refractivity contribution is 5.23. The van der Waals surface area contributed by atoms with Crippen molar-refractivity contribution in [3.8, 4) is 0 Å². The van der Waals surface area contributed by atoms with E-state index in [4.69, 9.17) is 0 Å². The van der Waals surface area contributed by atoms with Crippen LogP contribution in [0.5, 0.6) is 0 Å². The van der Waals surface area contributed by atoms with Crippen molar-refractivity contribution in [3.05, 3.63) is 71.5 Å². The maximum atomic E-state index is 13.8. The second-order valence-corrected chi connectivity index (χ2v) is 4.78. The molecular weight excluding hydrogens is 237 g/mol. The molecule has 0 aromatic heterocycles. The molecule has 2 aromatic rings. The molecule has 2 atom stereocenters. The molecule has 0 aliphatic carbocycles. The molecule has 0 bridgehead atoms. The van der Waals surface area contributed by atoms with Gasteiger partial charge in [0, 0.05) is 17.6 Å². The van der Waals surface area contributed by atoms with Gasteiger partial charge in [0.1, 0.15) is 5.82 Å². The first-order valence-corrected chi connectivity index (χ1v) is 6.77. The lowest BCUT2D eigenvalue weighted by Crippen LogP contribution is -2.24. The van der Waals surface area contributed by atoms with Gasteiger partial charge in [0.2, 0.25) is 0 Å². The van der Waals surface area contributed by atoms with E-state index in [1.807, 2.05) is 37.3 Å². The van der Waals surface area contributed by atoms with Crippen molar-refractivity contribution in [3.63, 3.8) is 0 Å². The summed E-state index contributed by atoms with van der Waals surface area (Å²) in [7, 11) is 0. The molecule has 0 spiro atoms. The fourth-order valence-electron chi connectivity index (χ4n) is 2.35. The predicted octanol–water partition coefficient (Wildman–Crippen LogP) is 4.63. The Morgan fingerprint density at radius 2 is 1.63 bits per heavy atom. The first-order chi connectivity index (χ1) is 9.22. The van der Waals surface area contributed by atoms with Crippen LogP contribution in [0.25, 0.3) is 0 Å². The van der Waals surface area contributed by atoms with Crippen molar-refractivity contribution in [1.82, 2.24) is 5.32 Å². The lowest BCUT2D eigenvalue weighted by atomic mass is 10.0. The molecule has 0 amide bonds. The molecule has 2 aromatic carbocycles. The minimum Gasteiger partial charge on any atom is -0.303 e. The number of hydrogen-bond acceptors (Lipinski definition) is 1. The molecule has 0 saturated heterocycles. The van der Waals surface area contributed by atoms with E-state index in [0.29, 0.717) is 0 Å². The lowest BCUT2D eigenvalue weighted by molar-refractivity contribution is 0.443. The second kappa shape index (κ2) is 6.48. The minimum atomic E-state index is -0.148. The first kappa shape index (κ1) is 13.8. The van der Waals surface area contributed by atoms with Crippen molar-refractivity contribution in [1.29, 1.82) is 0 Å². The van der Waals surface area contributed by atoms with Gasteiger partial charge in [0.05, 0.1) is 0 Å². The average molecular weight is 257 g/mol. The third-order valence-corrected chi connectivity index (χ3v) is 3.43. The van der Waals surface area contributed by atoms with Gasteiger partial charge in [-0.2, -0.15) is 0 Å². The van der Waals surface area contributed by atoms with E-state index < -0.39 is 0 Å². The summed E-state index contributed by atoms with van der Waals surface area (Å²) in [5.74, 6) is -0.148. The molecule has 1 nitrogen and oxygen atoms in total. The highest BCUT2D eigenvalue weighted by Crippen LogP contribution is 2.23. The van der Waals surface area contributed by atoms with E-state index in [0.717, 1.165) is 12.0 Å². The van der Waals surface area contributed by atoms with E-state index in [2.05, 4.69) is 24.4 Å². The Morgan fingerprint density at radius 1 is 1.00 bits per heavy atom. The number of halogens is 1. The standard InChI is InChI=1S/C17H20FN/c1-3-17(14-9-5-4-6-10-14)19-13(2)15-11-7-8-12-16(15)18/h4-13,17,19H,3H2,1-2H3. The molecule has 0 saturated carbocycles. The quantitative estimate of drug-likeness (QED) is 0.823. The van der Waals surface area contributed by atoms with Crippen molar-refractivity contribution in [2.45, 2.75) is 32.4 Å². The zero-order valence-electron chi connectivity index (χ0n) is 11.4. The zero-order valence-corrected chi connectivity index (χ0v) is 11.4. The maximum Gasteiger partial charge on any atom is 0.127 e. The smallest absolute Gasteiger partial charge is 0.127 e. The van der Waals surface area contributed by atoms with Crippen LogP contribution >= 0.6 is 0 Å². The second-order valence-electron chi connectivity index (χ2n) is 4.78. The van der Waals surface area contributed by atoms with Gasteiger partial charge in [0.15, 0.2) is 0 Å². The van der Waals surface area contributed by atoms with Crippen LogP contribution in [-0.2, 0) is 0 Å². The molecule has 0 fully saturated rings. The molecule has 2 heteroatoms. The van der Waals surface area contributed by atoms with Crippen molar-refractivity contribution in [2.24, 2.45) is 0 Å². The summed E-state index contributed by atoms with van der Waals surface area (Å²) >= 11 is 0. The summed E-state index contributed by atoms with van der Waals surface area (Å²) in [6.45, 7) is 4.14. The maximum absolute atomic E-state index is 13.8. The molecule has 2 unspecified atom stereocenters. The fraction of sp³-hybridized carbons (Fsp3) is 0.294. The summed E-state index contributed by atoms with van der Waals surface area (Å²) in [4.78, 5) is 0. The number of rotatable bonds is 5. The van der Waals surface area contributed by atoms with Gasteiger partial charge in [-0.15, -0.1) is 0 Å². The zero-order chi connectivity index (χ0) is 13.7. The van der Waals surface area contributed by atoms with Crippen LogP contribution < -0.4 is 5.32 Å². The Balaban J connectivity index is 2.13. The first-order valence-electron chi connectivity index (χ1n) is 6.77. The van der Waals surface area contributed by atoms with Gasteiger partial charge in [-0.05, 0) is 25.0 Å². The Morgan fingerprint density at radius 3 is 2.26 bits per heavy atom. The fourth-order valence-corrected chi connectivity index (χ4v) is 2.35. The third-order valence-electron chi connectivity index (χ3n) is 3.43. The van der Waals surface area contributed by atoms with Gasteiger partial charge < -0.3 is 5.32 Å². The molecule has 19 heavy (non-hydrogen) atoms. The van der Waals surface area contributed by atoms with E-state index in [-0.39, 0.29) is 17.9 Å². The van der Waals surface area contributed by atoms with Gasteiger partial charge in [-0.1, -0.05) is 55.5 Å². The van der Waals surface area contributed by atoms with Gasteiger partial charge in [-0.25, -0.2) is 4.39 Å². The van der Waals surface area contributed by atoms with Crippen LogP contribution in [0, 0.1) is 5.82 Å². The topological polar surface area (TPSA) is 12.0 Å². The summed E-state index contributed by atoms with van der Waals surface area (Å²) < 4.78 is 13.8. The van der Waals surface area contributed by atoms with E-state index in [1.165, 1.54) is 11.6 Å². The van der Waals surface area contributed by atoms with E-state index in [9.17, 15) is 4.39 Å². The highest BCUT2D eigenvalue weighted by atomic mass is 19.1. The number of nitrogens with one attached hydrogen (secondary N) is 1. The van der Waals surface area contributed by atoms with Gasteiger partial charge in [0.25, 0.3) is 0 Å². The Bertz CT molecular complexity index is 510. The van der Waals surface area contributed by atoms with Crippen LogP contribution in [0.4, 0.5) is 4.39 Å². The minimum absolute atomic E-state index is 0.00800. The van der Waals surface area contributed by atoms with Gasteiger partial charge in [-0.3, -0.25) is 0 Å². The normalized spacial score (nSPS) is 14.1.